The first kappa shape index (κ1) is 48.6. The summed E-state index contributed by atoms with van der Waals surface area (Å²) in [6, 6.07) is 12.8. The summed E-state index contributed by atoms with van der Waals surface area (Å²) in [5.74, 6) is -0.250. The predicted octanol–water partition coefficient (Wildman–Crippen LogP) is 3.56. The molecule has 68 heavy (non-hydrogen) atoms. The number of unbranched alkanes of at least 4 members (excludes halogenated alkanes) is 2. The van der Waals surface area contributed by atoms with Crippen LogP contribution in [-0.4, -0.2) is 125 Å². The standard InChI is InChI=1S/C48H57N9O11/c1-31(2)46(53-41(58)7-5-4-6-18-56-43(60)14-15-44(56)61)47(63)51-28-42(59)52-33-10-8-32(9-11-33)30-68-48(64)57(40-26-38-39(27-50-40)67-24-23-66-38)34-16-19-54(20-17-34)21-22-55-37-25-35(65-3)12-13-36(37)49-29-45(55)62/h8-15,25-27,29,31,34,46H,4-7,16-24,28,30H2,1-3H3,(H,51,63)(H,52,59)(H,53,58). The van der Waals surface area contributed by atoms with E-state index in [4.69, 9.17) is 18.9 Å². The molecule has 3 aliphatic rings. The Kier molecular flexibility index (Phi) is 16.4. The fourth-order valence-electron chi connectivity index (χ4n) is 8.19. The number of aromatic nitrogens is 3. The summed E-state index contributed by atoms with van der Waals surface area (Å²) < 4.78 is 24.5. The third-order valence-electron chi connectivity index (χ3n) is 11.9. The summed E-state index contributed by atoms with van der Waals surface area (Å²) >= 11 is 0. The lowest BCUT2D eigenvalue weighted by Crippen LogP contribution is -2.51. The fourth-order valence-corrected chi connectivity index (χ4v) is 8.19. The first-order valence-electron chi connectivity index (χ1n) is 22.8. The van der Waals surface area contributed by atoms with Crippen LogP contribution in [0.1, 0.15) is 57.9 Å². The number of anilines is 2. The molecule has 7 rings (SSSR count). The topological polar surface area (TPSA) is 233 Å². The number of piperidine rings is 1. The molecular weight excluding hydrogens is 879 g/mol. The fraction of sp³-hybridized carbons (Fsp3) is 0.438. The monoisotopic (exact) mass is 935 g/mol. The van der Waals surface area contributed by atoms with Crippen LogP contribution in [0, 0.1) is 5.92 Å². The van der Waals surface area contributed by atoms with Crippen molar-refractivity contribution in [2.75, 3.05) is 63.3 Å². The van der Waals surface area contributed by atoms with Crippen LogP contribution >= 0.6 is 0 Å². The second-order valence-corrected chi connectivity index (χ2v) is 17.0. The first-order valence-corrected chi connectivity index (χ1v) is 22.8. The molecular formula is C48H57N9O11. The Morgan fingerprint density at radius 3 is 2.29 bits per heavy atom. The third-order valence-corrected chi connectivity index (χ3v) is 11.9. The molecule has 1 atom stereocenters. The number of fused-ring (bicyclic) bond motifs is 2. The number of ether oxygens (including phenoxy) is 4. The Morgan fingerprint density at radius 1 is 0.838 bits per heavy atom. The van der Waals surface area contributed by atoms with Crippen LogP contribution in [0.2, 0.25) is 0 Å². The number of nitrogens with zero attached hydrogens (tertiary/aromatic N) is 6. The van der Waals surface area contributed by atoms with Gasteiger partial charge in [0.15, 0.2) is 11.5 Å². The smallest absolute Gasteiger partial charge is 0.416 e. The lowest BCUT2D eigenvalue weighted by atomic mass is 10.0. The number of imide groups is 1. The van der Waals surface area contributed by atoms with Gasteiger partial charge in [-0.25, -0.2) is 14.8 Å². The van der Waals surface area contributed by atoms with Crippen molar-refractivity contribution in [3.8, 4) is 17.2 Å². The van der Waals surface area contributed by atoms with Gasteiger partial charge in [0.2, 0.25) is 17.7 Å². The molecule has 2 aromatic carbocycles. The molecule has 1 unspecified atom stereocenters. The summed E-state index contributed by atoms with van der Waals surface area (Å²) in [5.41, 5.74) is 2.31. The highest BCUT2D eigenvalue weighted by atomic mass is 16.6. The molecule has 3 aliphatic heterocycles. The maximum atomic E-state index is 14.0. The highest BCUT2D eigenvalue weighted by Crippen LogP contribution is 2.34. The minimum absolute atomic E-state index is 0.0664. The second kappa shape index (κ2) is 22.9. The molecule has 1 saturated heterocycles. The maximum Gasteiger partial charge on any atom is 0.416 e. The molecule has 0 aliphatic carbocycles. The van der Waals surface area contributed by atoms with Crippen LogP contribution < -0.4 is 40.6 Å². The lowest BCUT2D eigenvalue weighted by molar-refractivity contribution is -0.137. The Bertz CT molecular complexity index is 2560. The van der Waals surface area contributed by atoms with Crippen LogP contribution in [-0.2, 0) is 41.9 Å². The van der Waals surface area contributed by atoms with E-state index < -0.39 is 23.9 Å². The number of methoxy groups -OCH3 is 1. The summed E-state index contributed by atoms with van der Waals surface area (Å²) in [4.78, 5) is 103. The van der Waals surface area contributed by atoms with E-state index in [-0.39, 0.29) is 61.4 Å². The predicted molar refractivity (Wildman–Crippen MR) is 249 cm³/mol. The average molecular weight is 936 g/mol. The van der Waals surface area contributed by atoms with Gasteiger partial charge < -0.3 is 44.4 Å². The highest BCUT2D eigenvalue weighted by molar-refractivity contribution is 6.12. The molecule has 0 saturated carbocycles. The SMILES string of the molecule is COc1ccc2ncc(=O)n(CCN3CCC(N(C(=O)OCc4ccc(NC(=O)CNC(=O)C(NC(=O)CCCCCN5C(=O)C=CC5=O)C(C)C)cc4)c4cc5c(cn4)OCCO5)CC3)c2c1. The van der Waals surface area contributed by atoms with E-state index in [9.17, 15) is 33.6 Å². The van der Waals surface area contributed by atoms with Crippen LogP contribution in [0.15, 0.2) is 77.9 Å². The number of hydrogen-bond donors (Lipinski definition) is 3. The van der Waals surface area contributed by atoms with Gasteiger partial charge >= 0.3 is 6.09 Å². The van der Waals surface area contributed by atoms with Crippen molar-refractivity contribution in [3.63, 3.8) is 0 Å². The van der Waals surface area contributed by atoms with Crippen LogP contribution in [0.3, 0.4) is 0 Å². The molecule has 0 radical (unpaired) electrons. The van der Waals surface area contributed by atoms with Crippen molar-refractivity contribution in [2.45, 2.75) is 77.6 Å². The Morgan fingerprint density at radius 2 is 1.57 bits per heavy atom. The van der Waals surface area contributed by atoms with Crippen LogP contribution in [0.25, 0.3) is 11.0 Å². The molecule has 0 spiro atoms. The van der Waals surface area contributed by atoms with Crippen molar-refractivity contribution in [1.29, 1.82) is 0 Å². The van der Waals surface area contributed by atoms with Gasteiger partial charge in [-0.3, -0.25) is 38.6 Å². The summed E-state index contributed by atoms with van der Waals surface area (Å²) in [7, 11) is 1.58. The lowest BCUT2D eigenvalue weighted by Gasteiger charge is -2.37. The van der Waals surface area contributed by atoms with Gasteiger partial charge in [-0.15, -0.1) is 0 Å². The number of nitrogens with one attached hydrogen (secondary N) is 3. The molecule has 4 aromatic rings. The number of carbonyl (C=O) groups is 6. The Balaban J connectivity index is 0.879. The molecule has 3 N–H and O–H groups in total. The largest absolute Gasteiger partial charge is 0.497 e. The minimum Gasteiger partial charge on any atom is -0.497 e. The van der Waals surface area contributed by atoms with E-state index in [0.29, 0.717) is 117 Å². The second-order valence-electron chi connectivity index (χ2n) is 17.0. The number of hydrogen-bond acceptors (Lipinski definition) is 14. The zero-order valence-electron chi connectivity index (χ0n) is 38.4. The molecule has 0 bridgehead atoms. The molecule has 20 nitrogen and oxygen atoms in total. The number of pyridine rings is 1. The van der Waals surface area contributed by atoms with Gasteiger partial charge in [0.05, 0.1) is 37.1 Å². The van der Waals surface area contributed by atoms with Crippen molar-refractivity contribution < 1.29 is 47.7 Å². The third kappa shape index (κ3) is 12.5. The normalized spacial score (nSPS) is 15.3. The van der Waals surface area contributed by atoms with E-state index in [1.165, 1.54) is 18.3 Å². The van der Waals surface area contributed by atoms with Gasteiger partial charge in [0.1, 0.15) is 37.4 Å². The number of amides is 6. The quantitative estimate of drug-likeness (QED) is 0.0850. The van der Waals surface area contributed by atoms with Gasteiger partial charge in [-0.2, -0.15) is 0 Å². The summed E-state index contributed by atoms with van der Waals surface area (Å²) in [6.45, 7) is 6.58. The summed E-state index contributed by atoms with van der Waals surface area (Å²) in [6.07, 6.45) is 7.83. The first-order chi connectivity index (χ1) is 32.9. The number of rotatable bonds is 20. The molecule has 5 heterocycles. The van der Waals surface area contributed by atoms with E-state index in [2.05, 4.69) is 30.8 Å². The van der Waals surface area contributed by atoms with Crippen molar-refractivity contribution >= 4 is 58.2 Å². The molecule has 2 aromatic heterocycles. The molecule has 20 heteroatoms. The number of carbonyl (C=O) groups excluding carboxylic acids is 6. The summed E-state index contributed by atoms with van der Waals surface area (Å²) in [5, 5.41) is 8.09. The van der Waals surface area contributed by atoms with Crippen molar-refractivity contribution in [3.05, 3.63) is 89.0 Å². The van der Waals surface area contributed by atoms with Crippen LogP contribution in [0.4, 0.5) is 16.3 Å². The molecule has 6 amide bonds. The van der Waals surface area contributed by atoms with Gasteiger partial charge in [0.25, 0.3) is 17.4 Å². The Labute approximate surface area is 392 Å². The van der Waals surface area contributed by atoms with E-state index in [0.717, 1.165) is 4.90 Å². The van der Waals surface area contributed by atoms with Crippen molar-refractivity contribution in [2.24, 2.45) is 5.92 Å². The maximum absolute atomic E-state index is 14.0. The molecule has 1 fully saturated rings. The number of likely N-dealkylation sites (tertiary alicyclic amines) is 1. The van der Waals surface area contributed by atoms with Gasteiger partial charge in [0, 0.05) is 75.2 Å². The van der Waals surface area contributed by atoms with Gasteiger partial charge in [-0.1, -0.05) is 32.4 Å². The highest BCUT2D eigenvalue weighted by Gasteiger charge is 2.33. The van der Waals surface area contributed by atoms with Crippen LogP contribution in [0.5, 0.6) is 17.2 Å². The van der Waals surface area contributed by atoms with E-state index in [1.807, 2.05) is 18.2 Å². The Hall–Kier alpha value is -7.35. The van der Waals surface area contributed by atoms with E-state index >= 15 is 0 Å². The van der Waals surface area contributed by atoms with Crippen molar-refractivity contribution in [1.82, 2.24) is 35.0 Å². The van der Waals surface area contributed by atoms with E-state index in [1.54, 1.807) is 67.0 Å². The minimum atomic E-state index is -0.860. The zero-order valence-corrected chi connectivity index (χ0v) is 38.4. The average Bonchev–Trinajstić information content (AvgIpc) is 3.67. The van der Waals surface area contributed by atoms with Gasteiger partial charge in [-0.05, 0) is 61.4 Å². The zero-order chi connectivity index (χ0) is 48.2. The number of benzene rings is 2. The molecule has 360 valence electrons.